The molecule has 12 radical (unpaired) electrons. The van der Waals surface area contributed by atoms with Gasteiger partial charge in [-0.3, -0.25) is 0 Å². The Morgan fingerprint density at radius 3 is 0.547 bits per heavy atom. The third-order valence-corrected chi connectivity index (χ3v) is 7.62. The Morgan fingerprint density at radius 1 is 0.312 bits per heavy atom. The molecule has 4 aromatic rings. The fourth-order valence-electron chi connectivity index (χ4n) is 3.20. The molecule has 0 atom stereocenters. The van der Waals surface area contributed by atoms with Crippen LogP contribution in [0.3, 0.4) is 0 Å². The van der Waals surface area contributed by atoms with Crippen LogP contribution in [0.15, 0.2) is 121 Å². The number of hydrogen-bond acceptors (Lipinski definition) is 0. The minimum Gasteiger partial charge on any atom is -0.0622 e. The van der Waals surface area contributed by atoms with E-state index in [1.54, 1.807) is 0 Å². The summed E-state index contributed by atoms with van der Waals surface area (Å²) in [6, 6.07) is 42.3. The predicted octanol–water partition coefficient (Wildman–Crippen LogP) is 8.52. The number of benzene rings is 4. The van der Waals surface area contributed by atoms with Gasteiger partial charge in [0.2, 0.25) is 0 Å². The quantitative estimate of drug-likeness (QED) is 0.0484. The number of hydrogen-bond donors (Lipinski definition) is 0. The van der Waals surface area contributed by atoms with Gasteiger partial charge in [0.25, 0.3) is 0 Å². The van der Waals surface area contributed by atoms with Gasteiger partial charge >= 0.3 is 124 Å². The summed E-state index contributed by atoms with van der Waals surface area (Å²) >= 11 is 3.92. The summed E-state index contributed by atoms with van der Waals surface area (Å²) in [6.07, 6.45) is 9.85. The summed E-state index contributed by atoms with van der Waals surface area (Å²) in [5.41, 5.74) is 0. The molecule has 0 heterocycles. The molecule has 64 heavy (non-hydrogen) atoms. The predicted molar refractivity (Wildman–Crippen MR) is 211 cm³/mol. The van der Waals surface area contributed by atoms with Gasteiger partial charge in [0.1, 0.15) is 0 Å². The summed E-state index contributed by atoms with van der Waals surface area (Å²) in [5.74, 6) is 0.174. The second kappa shape index (κ2) is 69.5. The Balaban J connectivity index is -0.0000000797. The van der Waals surface area contributed by atoms with E-state index < -0.39 is 12.4 Å². The monoisotopic (exact) mass is 1170 g/mol. The average Bonchev–Trinajstić information content (AvgIpc) is 4.14. The molecule has 336 valence electrons. The second-order valence-electron chi connectivity index (χ2n) is 8.88. The molecule has 0 amide bonds. The smallest absolute Gasteiger partial charge is 0.0226 e. The van der Waals surface area contributed by atoms with Gasteiger partial charge in [-0.25, -0.2) is 0 Å². The normalized spacial score (nSPS) is 9.94. The van der Waals surface area contributed by atoms with Gasteiger partial charge in [-0.05, 0) is 85.4 Å². The van der Waals surface area contributed by atoms with E-state index in [2.05, 4.69) is 168 Å². The molecule has 2 saturated carbocycles. The van der Waals surface area contributed by atoms with E-state index in [0.717, 1.165) is 17.2 Å². The largest absolute Gasteiger partial charge is 0.0622 e. The van der Waals surface area contributed by atoms with E-state index in [0.29, 0.717) is 0 Å². The molecule has 0 N–H and O–H groups in total. The maximum atomic E-state index is 10.9. The zero-order valence-corrected chi connectivity index (χ0v) is 40.5. The summed E-state index contributed by atoms with van der Waals surface area (Å²) < 4.78 is 118. The van der Waals surface area contributed by atoms with Crippen molar-refractivity contribution in [3.63, 3.8) is 0 Å². The maximum absolute atomic E-state index is 10.9. The molecule has 2 aliphatic carbocycles. The average molecular weight is 1170 g/mol. The Morgan fingerprint density at radius 2 is 0.438 bits per heavy atom. The third kappa shape index (κ3) is 68.5. The fourth-order valence-corrected chi connectivity index (χ4v) is 5.31. The molecule has 0 unspecified atom stereocenters. The van der Waals surface area contributed by atoms with Crippen LogP contribution in [0.4, 0.5) is 26.3 Å². The first kappa shape index (κ1) is 81.6. The molecule has 0 aromatic heterocycles. The molecule has 0 spiro atoms. The minimum atomic E-state index is -5.07. The zero-order chi connectivity index (χ0) is 49.4. The SMILES string of the molecule is FC(F)(F)C#CC(F)(F)F.[C-]#[O+].[C-]#[O+].[C-]#[O+].[C-]#[O+].[C-]#[O+].[C-]#[O+].[C-]#[O+].[CH]1[CH][CH][CH][CH]1.[CH]1[CH][CH][CH][CH]1.[Co].[Co].[Mo]=[Mo].c1ccc(Pc2ccccc2)cc1.c1ccc(Pc2ccccc2)cc1. The Hall–Kier alpha value is -2.55. The minimum absolute atomic E-state index is 0. The fraction of sp³-hybridized carbons (Fsp3) is 0.0444. The van der Waals surface area contributed by atoms with Gasteiger partial charge < -0.3 is 0 Å². The van der Waals surface area contributed by atoms with Gasteiger partial charge in [0, 0.05) is 45.4 Å². The van der Waals surface area contributed by atoms with Crippen molar-refractivity contribution in [1.29, 1.82) is 0 Å². The van der Waals surface area contributed by atoms with Crippen LogP contribution in [0.25, 0.3) is 0 Å². The molecular weight excluding hydrogens is 1140 g/mol. The second-order valence-corrected chi connectivity index (χ2v) is 11.7. The molecule has 6 rings (SSSR count). The maximum Gasteiger partial charge on any atom is -0.0226 e. The summed E-state index contributed by atoms with van der Waals surface area (Å²) in [7, 11) is 1.55. The van der Waals surface area contributed by atoms with Gasteiger partial charge in [-0.1, -0.05) is 138 Å². The molecule has 0 bridgehead atoms. The summed E-state index contributed by atoms with van der Waals surface area (Å²) in [6.45, 7) is 31.5. The molecule has 19 heteroatoms. The number of rotatable bonds is 4. The van der Waals surface area contributed by atoms with Crippen molar-refractivity contribution in [3.8, 4) is 11.8 Å². The van der Waals surface area contributed by atoms with Gasteiger partial charge in [0.05, 0.1) is 0 Å². The Kier molecular flexibility index (Phi) is 88.6. The molecule has 2 fully saturated rings. The van der Waals surface area contributed by atoms with E-state index in [1.807, 2.05) is 96.7 Å². The standard InChI is InChI=1S/2C12H11P.2C5H5.C4F6.7CO.2Co.2Mo/c2*1-3-7-11(8-4-1)13-12-9-5-2-6-10-12;2*1-2-4-5-3-1;5-3(6,7)1-2-4(8,9)10;7*1-2;;;;/h2*1-10,13H;2*1-5H;;;;;;;;;;;;. The first-order valence-electron chi connectivity index (χ1n) is 15.5. The summed E-state index contributed by atoms with van der Waals surface area (Å²) in [5, 5.41) is 5.59. The van der Waals surface area contributed by atoms with E-state index in [4.69, 9.17) is 32.6 Å². The first-order valence-corrected chi connectivity index (χ1v) is 23.1. The Bertz CT molecular complexity index is 1480. The van der Waals surface area contributed by atoms with Crippen LogP contribution in [0.2, 0.25) is 0 Å². The topological polar surface area (TPSA) is 139 Å². The molecule has 7 nitrogen and oxygen atoms in total. The van der Waals surface area contributed by atoms with Gasteiger partial charge in [0.15, 0.2) is 0 Å². The van der Waals surface area contributed by atoms with Crippen molar-refractivity contribution in [2.45, 2.75) is 12.4 Å². The van der Waals surface area contributed by atoms with Gasteiger partial charge in [-0.15, -0.1) is 0 Å². The van der Waals surface area contributed by atoms with E-state index in [1.165, 1.54) is 21.2 Å². The molecular formula is C45H32Co2F6Mo2O7P2. The van der Waals surface area contributed by atoms with E-state index >= 15 is 0 Å². The van der Waals surface area contributed by atoms with Gasteiger partial charge in [-0.2, -0.15) is 26.3 Å². The van der Waals surface area contributed by atoms with Crippen LogP contribution in [-0.4, -0.2) is 12.4 Å². The van der Waals surface area contributed by atoms with Crippen LogP contribution in [0.1, 0.15) is 0 Å². The van der Waals surface area contributed by atoms with Crippen molar-refractivity contribution in [2.24, 2.45) is 0 Å². The van der Waals surface area contributed by atoms with E-state index in [-0.39, 0.29) is 45.4 Å². The van der Waals surface area contributed by atoms with Crippen molar-refractivity contribution in [2.75, 3.05) is 0 Å². The van der Waals surface area contributed by atoms with Crippen LogP contribution >= 0.6 is 17.2 Å². The van der Waals surface area contributed by atoms with Crippen LogP contribution in [0, 0.1) is 123 Å². The third-order valence-electron chi connectivity index (χ3n) is 5.13. The summed E-state index contributed by atoms with van der Waals surface area (Å²) in [4.78, 5) is 0. The van der Waals surface area contributed by atoms with Crippen LogP contribution in [-0.2, 0) is 98.6 Å². The Labute approximate surface area is 416 Å². The number of halogens is 6. The first-order chi connectivity index (χ1) is 30.1. The van der Waals surface area contributed by atoms with Crippen LogP contribution < -0.4 is 21.2 Å². The van der Waals surface area contributed by atoms with Crippen molar-refractivity contribution in [3.05, 3.63) is 232 Å². The molecule has 0 saturated heterocycles. The van der Waals surface area contributed by atoms with Crippen LogP contribution in [0.5, 0.6) is 0 Å². The molecule has 4 aromatic carbocycles. The molecule has 0 aliphatic heterocycles. The van der Waals surface area contributed by atoms with Crippen molar-refractivity contribution < 1.29 is 125 Å². The zero-order valence-electron chi connectivity index (χ0n) is 32.4. The molecule has 2 aliphatic rings. The van der Waals surface area contributed by atoms with Crippen molar-refractivity contribution in [1.82, 2.24) is 0 Å². The number of alkyl halides is 6. The van der Waals surface area contributed by atoms with E-state index in [9.17, 15) is 26.3 Å². The van der Waals surface area contributed by atoms with Crippen molar-refractivity contribution >= 4 is 38.4 Å².